The number of aromatic nitrogens is 4. The molecule has 11 heteroatoms. The SMILES string of the molecule is COc1nc(OC)c2c(COCc3ccccc3)nn(C(CO)c3ccc(C(F)(F)F)cc3)c2n1. The zero-order valence-corrected chi connectivity index (χ0v) is 19.0. The highest BCUT2D eigenvalue weighted by Gasteiger charge is 2.31. The van der Waals surface area contributed by atoms with Crippen molar-refractivity contribution in [1.82, 2.24) is 19.7 Å². The summed E-state index contributed by atoms with van der Waals surface area (Å²) in [6.45, 7) is -0.0342. The van der Waals surface area contributed by atoms with Crippen LogP contribution < -0.4 is 9.47 Å². The van der Waals surface area contributed by atoms with Gasteiger partial charge in [-0.1, -0.05) is 42.5 Å². The first-order valence-electron chi connectivity index (χ1n) is 10.6. The van der Waals surface area contributed by atoms with Gasteiger partial charge in [-0.25, -0.2) is 4.68 Å². The molecule has 0 saturated carbocycles. The van der Waals surface area contributed by atoms with Gasteiger partial charge in [-0.3, -0.25) is 0 Å². The summed E-state index contributed by atoms with van der Waals surface area (Å²) >= 11 is 0. The van der Waals surface area contributed by atoms with E-state index in [9.17, 15) is 18.3 Å². The average molecular weight is 488 g/mol. The van der Waals surface area contributed by atoms with Crippen molar-refractivity contribution in [2.45, 2.75) is 25.4 Å². The molecule has 1 unspecified atom stereocenters. The maximum atomic E-state index is 13.0. The summed E-state index contributed by atoms with van der Waals surface area (Å²) < 4.78 is 56.9. The van der Waals surface area contributed by atoms with Gasteiger partial charge in [-0.05, 0) is 23.3 Å². The molecule has 0 bridgehead atoms. The smallest absolute Gasteiger partial charge is 0.416 e. The van der Waals surface area contributed by atoms with E-state index in [0.29, 0.717) is 23.3 Å². The predicted molar refractivity (Wildman–Crippen MR) is 120 cm³/mol. The molecule has 0 saturated heterocycles. The van der Waals surface area contributed by atoms with Gasteiger partial charge < -0.3 is 19.3 Å². The second kappa shape index (κ2) is 10.3. The largest absolute Gasteiger partial charge is 0.480 e. The molecular weight excluding hydrogens is 465 g/mol. The van der Waals surface area contributed by atoms with Gasteiger partial charge in [0.1, 0.15) is 17.1 Å². The molecule has 2 heterocycles. The van der Waals surface area contributed by atoms with Crippen molar-refractivity contribution in [3.8, 4) is 11.9 Å². The molecule has 184 valence electrons. The summed E-state index contributed by atoms with van der Waals surface area (Å²) in [6, 6.07) is 13.3. The van der Waals surface area contributed by atoms with E-state index in [1.165, 1.54) is 31.0 Å². The first-order chi connectivity index (χ1) is 16.9. The standard InChI is InChI=1S/C24H23F3N4O4/c1-33-22-20-18(14-35-13-15-6-4-3-5-7-15)30-31(21(20)28-23(29-22)34-2)19(12-32)16-8-10-17(11-9-16)24(25,26)27/h3-11,19,32H,12-14H2,1-2H3. The number of nitrogens with zero attached hydrogens (tertiary/aromatic N) is 4. The van der Waals surface area contributed by atoms with Crippen LogP contribution in [0, 0.1) is 0 Å². The number of hydrogen-bond donors (Lipinski definition) is 1. The van der Waals surface area contributed by atoms with Gasteiger partial charge in [0.25, 0.3) is 0 Å². The fourth-order valence-corrected chi connectivity index (χ4v) is 3.67. The quantitative estimate of drug-likeness (QED) is 0.378. The molecule has 0 aliphatic heterocycles. The molecule has 4 rings (SSSR count). The van der Waals surface area contributed by atoms with E-state index in [4.69, 9.17) is 14.2 Å². The third kappa shape index (κ3) is 5.20. The Morgan fingerprint density at radius 3 is 2.26 bits per heavy atom. The summed E-state index contributed by atoms with van der Waals surface area (Å²) in [5, 5.41) is 15.2. The number of hydrogen-bond acceptors (Lipinski definition) is 7. The van der Waals surface area contributed by atoms with Crippen molar-refractivity contribution < 1.29 is 32.5 Å². The first-order valence-corrected chi connectivity index (χ1v) is 10.6. The first kappa shape index (κ1) is 24.4. The summed E-state index contributed by atoms with van der Waals surface area (Å²) in [7, 11) is 2.83. The van der Waals surface area contributed by atoms with Crippen LogP contribution in [0.5, 0.6) is 11.9 Å². The van der Waals surface area contributed by atoms with E-state index in [1.54, 1.807) is 0 Å². The molecule has 2 aromatic heterocycles. The number of fused-ring (bicyclic) bond motifs is 1. The number of aliphatic hydroxyl groups excluding tert-OH is 1. The predicted octanol–water partition coefficient (Wildman–Crippen LogP) is 4.16. The van der Waals surface area contributed by atoms with E-state index >= 15 is 0 Å². The maximum absolute atomic E-state index is 13.0. The summed E-state index contributed by atoms with van der Waals surface area (Å²) in [6.07, 6.45) is -4.47. The molecule has 0 spiro atoms. The van der Waals surface area contributed by atoms with Crippen LogP contribution in [0.15, 0.2) is 54.6 Å². The number of methoxy groups -OCH3 is 2. The van der Waals surface area contributed by atoms with E-state index in [-0.39, 0.29) is 24.1 Å². The fourth-order valence-electron chi connectivity index (χ4n) is 3.67. The number of rotatable bonds is 9. The lowest BCUT2D eigenvalue weighted by Gasteiger charge is -2.17. The van der Waals surface area contributed by atoms with Crippen LogP contribution in [0.4, 0.5) is 13.2 Å². The number of ether oxygens (including phenoxy) is 3. The molecule has 0 fully saturated rings. The van der Waals surface area contributed by atoms with Gasteiger partial charge in [0.15, 0.2) is 5.65 Å². The minimum absolute atomic E-state index is 0.0105. The molecular formula is C24H23F3N4O4. The molecule has 8 nitrogen and oxygen atoms in total. The Morgan fingerprint density at radius 2 is 1.66 bits per heavy atom. The summed E-state index contributed by atoms with van der Waals surface area (Å²) in [5.74, 6) is 0.195. The topological polar surface area (TPSA) is 91.5 Å². The lowest BCUT2D eigenvalue weighted by atomic mass is 10.1. The van der Waals surface area contributed by atoms with Crippen LogP contribution >= 0.6 is 0 Å². The number of aliphatic hydroxyl groups is 1. The third-order valence-electron chi connectivity index (χ3n) is 5.39. The maximum Gasteiger partial charge on any atom is 0.416 e. The Kier molecular flexibility index (Phi) is 7.17. The molecule has 1 N–H and O–H groups in total. The zero-order chi connectivity index (χ0) is 25.0. The van der Waals surface area contributed by atoms with Crippen LogP contribution in [0.1, 0.15) is 28.4 Å². The lowest BCUT2D eigenvalue weighted by Crippen LogP contribution is -2.17. The van der Waals surface area contributed by atoms with Gasteiger partial charge in [0.2, 0.25) is 5.88 Å². The minimum atomic E-state index is -4.47. The monoisotopic (exact) mass is 488 g/mol. The van der Waals surface area contributed by atoms with Crippen molar-refractivity contribution in [3.63, 3.8) is 0 Å². The summed E-state index contributed by atoms with van der Waals surface area (Å²) in [5.41, 5.74) is 1.33. The third-order valence-corrected chi connectivity index (χ3v) is 5.39. The zero-order valence-electron chi connectivity index (χ0n) is 19.0. The molecule has 4 aromatic rings. The summed E-state index contributed by atoms with van der Waals surface area (Å²) in [4.78, 5) is 8.60. The van der Waals surface area contributed by atoms with Crippen molar-refractivity contribution in [2.75, 3.05) is 20.8 Å². The number of benzene rings is 2. The second-order valence-corrected chi connectivity index (χ2v) is 7.61. The van der Waals surface area contributed by atoms with Gasteiger partial charge in [-0.2, -0.15) is 28.2 Å². The normalized spacial score (nSPS) is 12.6. The van der Waals surface area contributed by atoms with Gasteiger partial charge in [0.05, 0.1) is 39.6 Å². The van der Waals surface area contributed by atoms with Crippen LogP contribution in [-0.4, -0.2) is 45.7 Å². The van der Waals surface area contributed by atoms with E-state index < -0.39 is 24.4 Å². The van der Waals surface area contributed by atoms with Crippen LogP contribution in [0.2, 0.25) is 0 Å². The highest BCUT2D eigenvalue weighted by molar-refractivity contribution is 5.84. The van der Waals surface area contributed by atoms with Crippen LogP contribution in [0.3, 0.4) is 0 Å². The Bertz CT molecular complexity index is 1280. The molecule has 1 atom stereocenters. The van der Waals surface area contributed by atoms with Crippen molar-refractivity contribution in [1.29, 1.82) is 0 Å². The highest BCUT2D eigenvalue weighted by Crippen LogP contribution is 2.34. The average Bonchev–Trinajstić information content (AvgIpc) is 3.22. The van der Waals surface area contributed by atoms with Crippen LogP contribution in [-0.2, 0) is 24.1 Å². The van der Waals surface area contributed by atoms with Gasteiger partial charge in [-0.15, -0.1) is 0 Å². The molecule has 0 amide bonds. The molecule has 35 heavy (non-hydrogen) atoms. The van der Waals surface area contributed by atoms with Crippen molar-refractivity contribution >= 4 is 11.0 Å². The Morgan fingerprint density at radius 1 is 0.943 bits per heavy atom. The van der Waals surface area contributed by atoms with E-state index in [2.05, 4.69) is 15.1 Å². The van der Waals surface area contributed by atoms with Gasteiger partial charge in [0, 0.05) is 0 Å². The van der Waals surface area contributed by atoms with Crippen molar-refractivity contribution in [3.05, 3.63) is 77.0 Å². The second-order valence-electron chi connectivity index (χ2n) is 7.61. The fraction of sp³-hybridized carbons (Fsp3) is 0.292. The Hall–Kier alpha value is -3.70. The van der Waals surface area contributed by atoms with Gasteiger partial charge >= 0.3 is 12.2 Å². The Balaban J connectivity index is 1.75. The Labute approximate surface area is 198 Å². The molecule has 0 radical (unpaired) electrons. The molecule has 0 aliphatic carbocycles. The van der Waals surface area contributed by atoms with Crippen molar-refractivity contribution in [2.24, 2.45) is 0 Å². The van der Waals surface area contributed by atoms with E-state index in [1.807, 2.05) is 30.3 Å². The minimum Gasteiger partial charge on any atom is -0.480 e. The molecule has 0 aliphatic rings. The number of halogens is 3. The number of alkyl halides is 3. The van der Waals surface area contributed by atoms with Crippen LogP contribution in [0.25, 0.3) is 11.0 Å². The highest BCUT2D eigenvalue weighted by atomic mass is 19.4. The molecule has 2 aromatic carbocycles. The lowest BCUT2D eigenvalue weighted by molar-refractivity contribution is -0.137. The van der Waals surface area contributed by atoms with E-state index in [0.717, 1.165) is 17.7 Å².